The minimum Gasteiger partial charge on any atom is -0.273 e. The molecule has 166 valence electrons. The zero-order valence-corrected chi connectivity index (χ0v) is 19.7. The van der Waals surface area contributed by atoms with Gasteiger partial charge in [-0.05, 0) is 78.1 Å². The summed E-state index contributed by atoms with van der Waals surface area (Å²) in [7, 11) is 0. The van der Waals surface area contributed by atoms with Gasteiger partial charge in [0.1, 0.15) is 11.4 Å². The van der Waals surface area contributed by atoms with Crippen molar-refractivity contribution in [1.29, 1.82) is 0 Å². The van der Waals surface area contributed by atoms with Crippen molar-refractivity contribution in [3.8, 4) is 0 Å². The molecule has 33 heavy (non-hydrogen) atoms. The van der Waals surface area contributed by atoms with Gasteiger partial charge in [-0.2, -0.15) is 0 Å². The van der Waals surface area contributed by atoms with Crippen LogP contribution in [0.5, 0.6) is 0 Å². The third-order valence-electron chi connectivity index (χ3n) is 5.27. The summed E-state index contributed by atoms with van der Waals surface area (Å²) in [6.45, 7) is 1.68. The zero-order valence-electron chi connectivity index (χ0n) is 17.4. The first-order valence-corrected chi connectivity index (χ1v) is 11.1. The summed E-state index contributed by atoms with van der Waals surface area (Å²) in [5.41, 5.74) is 2.72. The first-order valence-electron chi connectivity index (χ1n) is 9.94. The van der Waals surface area contributed by atoms with Gasteiger partial charge in [0.15, 0.2) is 0 Å². The SMILES string of the molecule is Cc1c(Cl)cccc1N1C(=O)NC(=O)/C(=C\c2cc(Br)ccc2Cc2cccc(F)c2)C1=O. The molecule has 0 saturated carbocycles. The predicted molar refractivity (Wildman–Crippen MR) is 129 cm³/mol. The van der Waals surface area contributed by atoms with Crippen molar-refractivity contribution in [1.82, 2.24) is 5.32 Å². The largest absolute Gasteiger partial charge is 0.335 e. The summed E-state index contributed by atoms with van der Waals surface area (Å²) in [6, 6.07) is 15.6. The Hall–Kier alpha value is -3.29. The van der Waals surface area contributed by atoms with Crippen LogP contribution in [0.3, 0.4) is 0 Å². The maximum atomic E-state index is 13.6. The van der Waals surface area contributed by atoms with E-state index >= 15 is 0 Å². The van der Waals surface area contributed by atoms with E-state index in [1.807, 2.05) is 12.1 Å². The van der Waals surface area contributed by atoms with E-state index in [0.29, 0.717) is 22.6 Å². The second-order valence-electron chi connectivity index (χ2n) is 7.49. The number of carbonyl (C=O) groups excluding carboxylic acids is 3. The molecule has 0 bridgehead atoms. The van der Waals surface area contributed by atoms with Crippen molar-refractivity contribution < 1.29 is 18.8 Å². The van der Waals surface area contributed by atoms with Crippen molar-refractivity contribution in [2.75, 3.05) is 4.90 Å². The monoisotopic (exact) mass is 526 g/mol. The van der Waals surface area contributed by atoms with Crippen LogP contribution in [0.2, 0.25) is 5.02 Å². The Morgan fingerprint density at radius 1 is 1.06 bits per heavy atom. The normalized spacial score (nSPS) is 15.2. The molecular formula is C25H17BrClFN2O3. The summed E-state index contributed by atoms with van der Waals surface area (Å²) in [4.78, 5) is 39.3. The predicted octanol–water partition coefficient (Wildman–Crippen LogP) is 5.81. The fourth-order valence-electron chi connectivity index (χ4n) is 3.60. The van der Waals surface area contributed by atoms with Gasteiger partial charge in [-0.3, -0.25) is 14.9 Å². The molecule has 1 aliphatic heterocycles. The molecule has 1 N–H and O–H groups in total. The Kier molecular flexibility index (Phi) is 6.44. The first kappa shape index (κ1) is 22.9. The highest BCUT2D eigenvalue weighted by Gasteiger charge is 2.37. The lowest BCUT2D eigenvalue weighted by Crippen LogP contribution is -2.54. The minimum atomic E-state index is -0.846. The second-order valence-corrected chi connectivity index (χ2v) is 8.81. The summed E-state index contributed by atoms with van der Waals surface area (Å²) in [5, 5.41) is 2.61. The van der Waals surface area contributed by atoms with Crippen LogP contribution in [0.25, 0.3) is 6.08 Å². The number of halogens is 3. The molecular weight excluding hydrogens is 511 g/mol. The van der Waals surface area contributed by atoms with Crippen LogP contribution in [0.1, 0.15) is 22.3 Å². The highest BCUT2D eigenvalue weighted by Crippen LogP contribution is 2.30. The number of urea groups is 1. The molecule has 1 saturated heterocycles. The molecule has 5 nitrogen and oxygen atoms in total. The molecule has 3 aromatic rings. The minimum absolute atomic E-state index is 0.201. The van der Waals surface area contributed by atoms with Gasteiger partial charge in [0.05, 0.1) is 5.69 Å². The van der Waals surface area contributed by atoms with Crippen LogP contribution in [-0.4, -0.2) is 17.8 Å². The summed E-state index contributed by atoms with van der Waals surface area (Å²) in [6.07, 6.45) is 1.83. The molecule has 4 amide bonds. The lowest BCUT2D eigenvalue weighted by atomic mass is 9.97. The Labute approximate surface area is 203 Å². The number of hydrogen-bond donors (Lipinski definition) is 1. The van der Waals surface area contributed by atoms with Gasteiger partial charge in [0.25, 0.3) is 11.8 Å². The summed E-state index contributed by atoms with van der Waals surface area (Å²) >= 11 is 9.58. The number of rotatable bonds is 4. The van der Waals surface area contributed by atoms with E-state index < -0.39 is 17.8 Å². The number of hydrogen-bond acceptors (Lipinski definition) is 3. The van der Waals surface area contributed by atoms with Crippen LogP contribution >= 0.6 is 27.5 Å². The molecule has 0 radical (unpaired) electrons. The van der Waals surface area contributed by atoms with Gasteiger partial charge in [-0.25, -0.2) is 14.1 Å². The van der Waals surface area contributed by atoms with E-state index in [1.54, 1.807) is 43.3 Å². The number of nitrogens with one attached hydrogen (secondary N) is 1. The van der Waals surface area contributed by atoms with Gasteiger partial charge >= 0.3 is 6.03 Å². The molecule has 0 aliphatic carbocycles. The molecule has 0 aromatic heterocycles. The van der Waals surface area contributed by atoms with Crippen molar-refractivity contribution in [2.45, 2.75) is 13.3 Å². The van der Waals surface area contributed by atoms with Crippen LogP contribution in [0.4, 0.5) is 14.9 Å². The maximum Gasteiger partial charge on any atom is 0.335 e. The van der Waals surface area contributed by atoms with E-state index in [4.69, 9.17) is 11.6 Å². The van der Waals surface area contributed by atoms with Crippen LogP contribution in [0.15, 0.2) is 70.7 Å². The number of imide groups is 2. The molecule has 0 unspecified atom stereocenters. The topological polar surface area (TPSA) is 66.5 Å². The second kappa shape index (κ2) is 9.29. The maximum absolute atomic E-state index is 13.6. The average Bonchev–Trinajstić information content (AvgIpc) is 2.76. The molecule has 1 aliphatic rings. The van der Waals surface area contributed by atoms with Gasteiger partial charge in [0, 0.05) is 9.50 Å². The van der Waals surface area contributed by atoms with Crippen molar-refractivity contribution >= 4 is 57.1 Å². The fourth-order valence-corrected chi connectivity index (χ4v) is 4.15. The summed E-state index contributed by atoms with van der Waals surface area (Å²) < 4.78 is 14.4. The number of carbonyl (C=O) groups is 3. The Bertz CT molecular complexity index is 1340. The molecule has 1 fully saturated rings. The van der Waals surface area contributed by atoms with Crippen molar-refractivity contribution in [3.05, 3.63) is 104 Å². The van der Waals surface area contributed by atoms with Crippen LogP contribution < -0.4 is 10.2 Å². The quantitative estimate of drug-likeness (QED) is 0.344. The molecule has 4 rings (SSSR count). The van der Waals surface area contributed by atoms with Gasteiger partial charge < -0.3 is 0 Å². The number of benzene rings is 3. The van der Waals surface area contributed by atoms with Crippen molar-refractivity contribution in [3.63, 3.8) is 0 Å². The first-order chi connectivity index (χ1) is 15.7. The lowest BCUT2D eigenvalue weighted by Gasteiger charge is -2.28. The third-order valence-corrected chi connectivity index (χ3v) is 6.18. The van der Waals surface area contributed by atoms with E-state index in [0.717, 1.165) is 20.5 Å². The standard InChI is InChI=1S/C25H17BrClFN2O3/c1-14-21(27)6-3-7-22(14)30-24(32)20(23(31)29-25(30)33)13-17-12-18(26)9-8-16(17)10-15-4-2-5-19(28)11-15/h2-9,11-13H,10H2,1H3,(H,29,31,33)/b20-13+. The molecule has 0 spiro atoms. The molecule has 1 heterocycles. The fraction of sp³-hybridized carbons (Fsp3) is 0.0800. The number of amides is 4. The molecule has 0 atom stereocenters. The smallest absolute Gasteiger partial charge is 0.273 e. The Balaban J connectivity index is 1.77. The van der Waals surface area contributed by atoms with E-state index in [2.05, 4.69) is 21.2 Å². The van der Waals surface area contributed by atoms with E-state index in [1.165, 1.54) is 18.2 Å². The summed E-state index contributed by atoms with van der Waals surface area (Å²) in [5.74, 6) is -1.90. The average molecular weight is 528 g/mol. The van der Waals surface area contributed by atoms with Crippen LogP contribution in [-0.2, 0) is 16.0 Å². The third kappa shape index (κ3) is 4.74. The van der Waals surface area contributed by atoms with Gasteiger partial charge in [-0.1, -0.05) is 51.8 Å². The molecule has 8 heteroatoms. The Morgan fingerprint density at radius 2 is 1.82 bits per heavy atom. The highest BCUT2D eigenvalue weighted by atomic mass is 79.9. The van der Waals surface area contributed by atoms with E-state index in [9.17, 15) is 18.8 Å². The number of barbiturate groups is 1. The van der Waals surface area contributed by atoms with Crippen LogP contribution in [0, 0.1) is 12.7 Å². The van der Waals surface area contributed by atoms with Gasteiger partial charge in [0.2, 0.25) is 0 Å². The lowest BCUT2D eigenvalue weighted by molar-refractivity contribution is -0.122. The Morgan fingerprint density at radius 3 is 2.58 bits per heavy atom. The molecule has 3 aromatic carbocycles. The van der Waals surface area contributed by atoms with Crippen molar-refractivity contribution in [2.24, 2.45) is 0 Å². The van der Waals surface area contributed by atoms with Gasteiger partial charge in [-0.15, -0.1) is 0 Å². The van der Waals surface area contributed by atoms with E-state index in [-0.39, 0.29) is 17.1 Å². The highest BCUT2D eigenvalue weighted by molar-refractivity contribution is 9.10. The number of nitrogens with zero attached hydrogens (tertiary/aromatic N) is 1. The number of anilines is 1. The zero-order chi connectivity index (χ0) is 23.7.